The van der Waals surface area contributed by atoms with Crippen molar-refractivity contribution in [3.05, 3.63) is 0 Å². The topological polar surface area (TPSA) is 46.3 Å². The highest BCUT2D eigenvalue weighted by atomic mass is 35.5. The second-order valence-corrected chi connectivity index (χ2v) is 2.51. The lowest BCUT2D eigenvalue weighted by molar-refractivity contribution is -0.127. The standard InChI is InChI=1S/C6H12N2O.ClH/c1-5(9)8-3-2-6(7)4-8;/h6H,2-4,7H2,1H3;1H/t6-;/m0./s1. The van der Waals surface area contributed by atoms with Crippen molar-refractivity contribution in [1.82, 2.24) is 4.90 Å². The van der Waals surface area contributed by atoms with Gasteiger partial charge >= 0.3 is 0 Å². The van der Waals surface area contributed by atoms with E-state index in [4.69, 9.17) is 5.73 Å². The van der Waals surface area contributed by atoms with E-state index >= 15 is 0 Å². The highest BCUT2D eigenvalue weighted by Crippen LogP contribution is 2.05. The molecule has 0 saturated carbocycles. The maximum Gasteiger partial charge on any atom is 0.219 e. The fourth-order valence-electron chi connectivity index (χ4n) is 1.07. The molecule has 0 radical (unpaired) electrons. The van der Waals surface area contributed by atoms with E-state index < -0.39 is 0 Å². The van der Waals surface area contributed by atoms with Gasteiger partial charge in [-0.3, -0.25) is 4.79 Å². The second-order valence-electron chi connectivity index (χ2n) is 2.51. The van der Waals surface area contributed by atoms with E-state index in [1.165, 1.54) is 0 Å². The molecule has 0 aromatic carbocycles. The highest BCUT2D eigenvalue weighted by Gasteiger charge is 2.20. The number of nitrogens with two attached hydrogens (primary N) is 1. The molecule has 10 heavy (non-hydrogen) atoms. The molecule has 0 unspecified atom stereocenters. The molecule has 60 valence electrons. The first-order chi connectivity index (χ1) is 4.20. The van der Waals surface area contributed by atoms with Crippen LogP contribution in [0.15, 0.2) is 0 Å². The third-order valence-corrected chi connectivity index (χ3v) is 1.67. The highest BCUT2D eigenvalue weighted by molar-refractivity contribution is 5.85. The largest absolute Gasteiger partial charge is 0.341 e. The summed E-state index contributed by atoms with van der Waals surface area (Å²) in [5.41, 5.74) is 5.57. The first-order valence-corrected chi connectivity index (χ1v) is 3.21. The molecule has 0 aliphatic carbocycles. The van der Waals surface area contributed by atoms with Crippen LogP contribution in [-0.4, -0.2) is 29.9 Å². The molecule has 1 atom stereocenters. The number of carbonyl (C=O) groups excluding carboxylic acids is 1. The van der Waals surface area contributed by atoms with Crippen LogP contribution in [0.1, 0.15) is 13.3 Å². The molecule has 1 rings (SSSR count). The van der Waals surface area contributed by atoms with Gasteiger partial charge in [-0.05, 0) is 6.42 Å². The maximum atomic E-state index is 10.7. The van der Waals surface area contributed by atoms with Gasteiger partial charge in [0.25, 0.3) is 0 Å². The Bertz CT molecular complexity index is 129. The molecule has 0 bridgehead atoms. The van der Waals surface area contributed by atoms with Crippen LogP contribution in [0.3, 0.4) is 0 Å². The van der Waals surface area contributed by atoms with Crippen LogP contribution < -0.4 is 5.73 Å². The lowest BCUT2D eigenvalue weighted by Crippen LogP contribution is -2.29. The maximum absolute atomic E-state index is 10.7. The minimum absolute atomic E-state index is 0. The summed E-state index contributed by atoms with van der Waals surface area (Å²) in [6, 6.07) is 0.217. The normalized spacial score (nSPS) is 24.2. The van der Waals surface area contributed by atoms with E-state index in [0.717, 1.165) is 19.5 Å². The average Bonchev–Trinajstić information content (AvgIpc) is 2.14. The van der Waals surface area contributed by atoms with Gasteiger partial charge in [-0.15, -0.1) is 12.4 Å². The van der Waals surface area contributed by atoms with Gasteiger partial charge in [0.2, 0.25) is 5.91 Å². The van der Waals surface area contributed by atoms with Crippen molar-refractivity contribution in [2.75, 3.05) is 13.1 Å². The second kappa shape index (κ2) is 3.78. The summed E-state index contributed by atoms with van der Waals surface area (Å²) in [7, 11) is 0. The number of hydrogen-bond donors (Lipinski definition) is 1. The molecule has 0 spiro atoms. The molecule has 1 aliphatic heterocycles. The van der Waals surface area contributed by atoms with Gasteiger partial charge in [-0.2, -0.15) is 0 Å². The summed E-state index contributed by atoms with van der Waals surface area (Å²) in [6.45, 7) is 3.17. The molecule has 1 aliphatic rings. The molecule has 4 heteroatoms. The van der Waals surface area contributed by atoms with Gasteiger partial charge in [0.05, 0.1) is 0 Å². The summed E-state index contributed by atoms with van der Waals surface area (Å²) in [5.74, 6) is 0.142. The van der Waals surface area contributed by atoms with Crippen molar-refractivity contribution in [3.63, 3.8) is 0 Å². The molecule has 2 N–H and O–H groups in total. The SMILES string of the molecule is CC(=O)N1CC[C@H](N)C1.Cl. The van der Waals surface area contributed by atoms with Gasteiger partial charge in [-0.25, -0.2) is 0 Å². The fraction of sp³-hybridized carbons (Fsp3) is 0.833. The third-order valence-electron chi connectivity index (χ3n) is 1.67. The Kier molecular flexibility index (Phi) is 3.68. The predicted molar refractivity (Wildman–Crippen MR) is 42.1 cm³/mol. The minimum Gasteiger partial charge on any atom is -0.341 e. The van der Waals surface area contributed by atoms with Crippen molar-refractivity contribution in [3.8, 4) is 0 Å². The number of amides is 1. The summed E-state index contributed by atoms with van der Waals surface area (Å²) < 4.78 is 0. The Morgan fingerprint density at radius 3 is 2.50 bits per heavy atom. The van der Waals surface area contributed by atoms with E-state index in [1.54, 1.807) is 11.8 Å². The van der Waals surface area contributed by atoms with Crippen molar-refractivity contribution in [2.45, 2.75) is 19.4 Å². The fourth-order valence-corrected chi connectivity index (χ4v) is 1.07. The predicted octanol–water partition coefficient (Wildman–Crippen LogP) is -0.0123. The van der Waals surface area contributed by atoms with Crippen molar-refractivity contribution in [1.29, 1.82) is 0 Å². The van der Waals surface area contributed by atoms with E-state index in [1.807, 2.05) is 0 Å². The number of hydrogen-bond acceptors (Lipinski definition) is 2. The van der Waals surface area contributed by atoms with Crippen LogP contribution in [0, 0.1) is 0 Å². The third kappa shape index (κ3) is 2.15. The van der Waals surface area contributed by atoms with Gasteiger partial charge in [0.1, 0.15) is 0 Å². The van der Waals surface area contributed by atoms with Crippen LogP contribution in [0.25, 0.3) is 0 Å². The summed E-state index contributed by atoms with van der Waals surface area (Å²) in [4.78, 5) is 12.4. The molecular weight excluding hydrogens is 152 g/mol. The average molecular weight is 165 g/mol. The monoisotopic (exact) mass is 164 g/mol. The zero-order chi connectivity index (χ0) is 6.85. The molecule has 1 fully saturated rings. The first-order valence-electron chi connectivity index (χ1n) is 3.21. The Balaban J connectivity index is 0.000000810. The van der Waals surface area contributed by atoms with Gasteiger partial charge in [0, 0.05) is 26.1 Å². The number of carbonyl (C=O) groups is 1. The molecule has 1 saturated heterocycles. The van der Waals surface area contributed by atoms with Gasteiger partial charge in [0.15, 0.2) is 0 Å². The Hall–Kier alpha value is -0.280. The zero-order valence-electron chi connectivity index (χ0n) is 6.04. The van der Waals surface area contributed by atoms with Crippen molar-refractivity contribution >= 4 is 18.3 Å². The number of halogens is 1. The lowest BCUT2D eigenvalue weighted by Gasteiger charge is -2.11. The minimum atomic E-state index is 0. The summed E-state index contributed by atoms with van der Waals surface area (Å²) in [5, 5.41) is 0. The molecular formula is C6H13ClN2O. The molecule has 1 heterocycles. The van der Waals surface area contributed by atoms with Gasteiger partial charge < -0.3 is 10.6 Å². The van der Waals surface area contributed by atoms with Crippen LogP contribution in [0.4, 0.5) is 0 Å². The van der Waals surface area contributed by atoms with E-state index in [-0.39, 0.29) is 24.4 Å². The number of nitrogens with zero attached hydrogens (tertiary/aromatic N) is 1. The summed E-state index contributed by atoms with van der Waals surface area (Å²) >= 11 is 0. The van der Waals surface area contributed by atoms with E-state index in [9.17, 15) is 4.79 Å². The van der Waals surface area contributed by atoms with Crippen LogP contribution in [-0.2, 0) is 4.79 Å². The number of likely N-dealkylation sites (tertiary alicyclic amines) is 1. The smallest absolute Gasteiger partial charge is 0.219 e. The van der Waals surface area contributed by atoms with Crippen molar-refractivity contribution < 1.29 is 4.79 Å². The molecule has 1 amide bonds. The van der Waals surface area contributed by atoms with E-state index in [0.29, 0.717) is 0 Å². The lowest BCUT2D eigenvalue weighted by atomic mass is 10.3. The zero-order valence-corrected chi connectivity index (χ0v) is 6.86. The Labute approximate surface area is 67.0 Å². The molecule has 3 nitrogen and oxygen atoms in total. The Morgan fingerprint density at radius 2 is 2.30 bits per heavy atom. The van der Waals surface area contributed by atoms with Crippen LogP contribution in [0.5, 0.6) is 0 Å². The molecule has 0 aromatic heterocycles. The van der Waals surface area contributed by atoms with Crippen LogP contribution >= 0.6 is 12.4 Å². The summed E-state index contributed by atoms with van der Waals surface area (Å²) in [6.07, 6.45) is 0.958. The Morgan fingerprint density at radius 1 is 1.70 bits per heavy atom. The molecule has 0 aromatic rings. The van der Waals surface area contributed by atoms with E-state index in [2.05, 4.69) is 0 Å². The quantitative estimate of drug-likeness (QED) is 0.548. The van der Waals surface area contributed by atoms with Crippen molar-refractivity contribution in [2.24, 2.45) is 5.73 Å². The number of rotatable bonds is 0. The van der Waals surface area contributed by atoms with Crippen LogP contribution in [0.2, 0.25) is 0 Å². The first kappa shape index (κ1) is 9.72. The van der Waals surface area contributed by atoms with Gasteiger partial charge in [-0.1, -0.05) is 0 Å².